The van der Waals surface area contributed by atoms with Gasteiger partial charge in [0.15, 0.2) is 5.78 Å². The van der Waals surface area contributed by atoms with Gasteiger partial charge in [0.25, 0.3) is 0 Å². The Bertz CT molecular complexity index is 739. The topological polar surface area (TPSA) is 67.5 Å². The van der Waals surface area contributed by atoms with Crippen molar-refractivity contribution in [3.8, 4) is 5.75 Å². The number of hydrogen-bond acceptors (Lipinski definition) is 5. The fourth-order valence-electron chi connectivity index (χ4n) is 1.51. The van der Waals surface area contributed by atoms with Crippen molar-refractivity contribution in [2.75, 3.05) is 0 Å². The molecule has 0 aromatic carbocycles. The number of ketones is 1. The summed E-state index contributed by atoms with van der Waals surface area (Å²) in [6.45, 7) is 1.52. The van der Waals surface area contributed by atoms with Crippen molar-refractivity contribution in [3.63, 3.8) is 0 Å². The Balaban J connectivity index is 2.31. The third kappa shape index (κ3) is 3.28. The molecule has 2 aromatic rings. The first-order chi connectivity index (χ1) is 9.38. The zero-order valence-corrected chi connectivity index (χ0v) is 14.1. The highest BCUT2D eigenvalue weighted by atomic mass is 79.9. The van der Waals surface area contributed by atoms with Crippen LogP contribution in [0.3, 0.4) is 0 Å². The number of carbonyl (C=O) groups is 1. The fourth-order valence-corrected chi connectivity index (χ4v) is 3.50. The van der Waals surface area contributed by atoms with Crippen LogP contribution in [0, 0.1) is 6.92 Å². The lowest BCUT2D eigenvalue weighted by molar-refractivity contribution is 0.104. The minimum atomic E-state index is -0.842. The molecule has 104 valence electrons. The molecule has 20 heavy (non-hydrogen) atoms. The maximum absolute atomic E-state index is 11.9. The van der Waals surface area contributed by atoms with Gasteiger partial charge in [-0.1, -0.05) is 0 Å². The van der Waals surface area contributed by atoms with Crippen molar-refractivity contribution in [2.24, 2.45) is 0 Å². The van der Waals surface area contributed by atoms with Gasteiger partial charge in [0.2, 0.25) is 0 Å². The van der Waals surface area contributed by atoms with Gasteiger partial charge >= 0.3 is 5.63 Å². The van der Waals surface area contributed by atoms with Gasteiger partial charge < -0.3 is 9.52 Å². The lowest BCUT2D eigenvalue weighted by Crippen LogP contribution is -2.12. The van der Waals surface area contributed by atoms with Crippen LogP contribution >= 0.6 is 43.2 Å². The van der Waals surface area contributed by atoms with Crippen molar-refractivity contribution >= 4 is 55.1 Å². The van der Waals surface area contributed by atoms with E-state index in [0.29, 0.717) is 0 Å². The third-order valence-corrected chi connectivity index (χ3v) is 5.58. The van der Waals surface area contributed by atoms with Crippen molar-refractivity contribution < 1.29 is 14.3 Å². The summed E-state index contributed by atoms with van der Waals surface area (Å²) in [4.78, 5) is 24.3. The van der Waals surface area contributed by atoms with E-state index in [2.05, 4.69) is 31.9 Å². The molecule has 0 spiro atoms. The summed E-state index contributed by atoms with van der Waals surface area (Å²) < 4.78 is 6.59. The standard InChI is InChI=1S/C13H8Br2O4S/c1-6-4-10(17)11(13(18)19-6)9(16)3-2-7-5-8(14)12(15)20-7/h2-5,17H,1H3/b3-2+. The first-order valence-electron chi connectivity index (χ1n) is 5.39. The molecule has 0 fully saturated rings. The van der Waals surface area contributed by atoms with E-state index in [1.807, 2.05) is 6.07 Å². The number of allylic oxidation sites excluding steroid dienone is 1. The Morgan fingerprint density at radius 1 is 1.40 bits per heavy atom. The van der Waals surface area contributed by atoms with Crippen LogP contribution in [0.1, 0.15) is 21.0 Å². The summed E-state index contributed by atoms with van der Waals surface area (Å²) in [6, 6.07) is 3.07. The van der Waals surface area contributed by atoms with E-state index >= 15 is 0 Å². The van der Waals surface area contributed by atoms with Gasteiger partial charge in [0.05, 0.1) is 3.79 Å². The number of carbonyl (C=O) groups excluding carboxylic acids is 1. The molecule has 1 N–H and O–H groups in total. The third-order valence-electron chi connectivity index (χ3n) is 2.36. The molecule has 0 aliphatic heterocycles. The monoisotopic (exact) mass is 418 g/mol. The van der Waals surface area contributed by atoms with Crippen LogP contribution in [-0.2, 0) is 0 Å². The van der Waals surface area contributed by atoms with Crippen LogP contribution in [0.2, 0.25) is 0 Å². The molecule has 0 radical (unpaired) electrons. The number of thiophene rings is 1. The highest BCUT2D eigenvalue weighted by Gasteiger charge is 2.16. The van der Waals surface area contributed by atoms with E-state index in [1.54, 1.807) is 6.08 Å². The smallest absolute Gasteiger partial charge is 0.351 e. The van der Waals surface area contributed by atoms with E-state index in [0.717, 1.165) is 13.1 Å². The fraction of sp³-hybridized carbons (Fsp3) is 0.0769. The van der Waals surface area contributed by atoms with Gasteiger partial charge in [-0.2, -0.15) is 0 Å². The Morgan fingerprint density at radius 3 is 2.65 bits per heavy atom. The van der Waals surface area contributed by atoms with Gasteiger partial charge in [0, 0.05) is 15.4 Å². The quantitative estimate of drug-likeness (QED) is 0.599. The molecule has 0 aliphatic carbocycles. The summed E-state index contributed by atoms with van der Waals surface area (Å²) in [5.74, 6) is -0.724. The van der Waals surface area contributed by atoms with Crippen LogP contribution in [0.5, 0.6) is 5.75 Å². The van der Waals surface area contributed by atoms with Gasteiger partial charge in [0.1, 0.15) is 17.1 Å². The van der Waals surface area contributed by atoms with Crippen molar-refractivity contribution in [1.29, 1.82) is 0 Å². The molecule has 2 aromatic heterocycles. The molecular weight excluding hydrogens is 412 g/mol. The predicted octanol–water partition coefficient (Wildman–Crippen LogP) is 4.14. The second-order valence-electron chi connectivity index (χ2n) is 3.87. The van der Waals surface area contributed by atoms with Gasteiger partial charge in [-0.15, -0.1) is 11.3 Å². The van der Waals surface area contributed by atoms with Crippen molar-refractivity contribution in [3.05, 3.63) is 53.1 Å². The average molecular weight is 420 g/mol. The van der Waals surface area contributed by atoms with E-state index in [4.69, 9.17) is 4.42 Å². The molecule has 2 heterocycles. The van der Waals surface area contributed by atoms with E-state index in [9.17, 15) is 14.7 Å². The van der Waals surface area contributed by atoms with E-state index in [-0.39, 0.29) is 17.1 Å². The van der Waals surface area contributed by atoms with Crippen LogP contribution in [0.4, 0.5) is 0 Å². The zero-order chi connectivity index (χ0) is 14.9. The summed E-state index contributed by atoms with van der Waals surface area (Å²) in [7, 11) is 0. The molecule has 4 nitrogen and oxygen atoms in total. The number of aryl methyl sites for hydroxylation is 1. The SMILES string of the molecule is Cc1cc(O)c(C(=O)/C=C/c2cc(Br)c(Br)s2)c(=O)o1. The molecule has 7 heteroatoms. The molecular formula is C13H8Br2O4S. The van der Waals surface area contributed by atoms with Gasteiger partial charge in [-0.25, -0.2) is 4.79 Å². The van der Waals surface area contributed by atoms with Crippen LogP contribution in [-0.4, -0.2) is 10.9 Å². The highest BCUT2D eigenvalue weighted by molar-refractivity contribution is 9.13. The Hall–Kier alpha value is -1.18. The average Bonchev–Trinajstić information content (AvgIpc) is 2.65. The van der Waals surface area contributed by atoms with Crippen molar-refractivity contribution in [2.45, 2.75) is 6.92 Å². The Morgan fingerprint density at radius 2 is 2.10 bits per heavy atom. The highest BCUT2D eigenvalue weighted by Crippen LogP contribution is 2.33. The summed E-state index contributed by atoms with van der Waals surface area (Å²) in [5, 5.41) is 9.66. The van der Waals surface area contributed by atoms with E-state index < -0.39 is 11.4 Å². The molecule has 2 rings (SSSR count). The number of halogens is 2. The lowest BCUT2D eigenvalue weighted by atomic mass is 10.1. The van der Waals surface area contributed by atoms with Gasteiger partial charge in [-0.3, -0.25) is 4.79 Å². The molecule has 0 saturated carbocycles. The molecule has 0 atom stereocenters. The molecule has 0 saturated heterocycles. The van der Waals surface area contributed by atoms with Gasteiger partial charge in [-0.05, 0) is 57.0 Å². The number of rotatable bonds is 3. The second kappa shape index (κ2) is 6.07. The number of hydrogen-bond donors (Lipinski definition) is 1. The maximum atomic E-state index is 11.9. The van der Waals surface area contributed by atoms with Crippen LogP contribution in [0.15, 0.2) is 35.7 Å². The largest absolute Gasteiger partial charge is 0.507 e. The zero-order valence-electron chi connectivity index (χ0n) is 10.1. The lowest BCUT2D eigenvalue weighted by Gasteiger charge is -1.99. The molecule has 0 aliphatic rings. The minimum Gasteiger partial charge on any atom is -0.507 e. The first-order valence-corrected chi connectivity index (χ1v) is 7.79. The van der Waals surface area contributed by atoms with Crippen LogP contribution < -0.4 is 5.63 Å². The van der Waals surface area contributed by atoms with E-state index in [1.165, 1.54) is 30.4 Å². The molecule has 0 bridgehead atoms. The molecule has 0 amide bonds. The van der Waals surface area contributed by atoms with Crippen molar-refractivity contribution in [1.82, 2.24) is 0 Å². The normalized spacial score (nSPS) is 11.2. The Labute approximate surface area is 135 Å². The second-order valence-corrected chi connectivity index (χ2v) is 7.13. The Kier molecular flexibility index (Phi) is 4.62. The summed E-state index contributed by atoms with van der Waals surface area (Å²) in [6.07, 6.45) is 2.80. The summed E-state index contributed by atoms with van der Waals surface area (Å²) >= 11 is 8.12. The maximum Gasteiger partial charge on any atom is 0.351 e. The minimum absolute atomic E-state index is 0.249. The first kappa shape index (κ1) is 15.2. The number of aromatic hydroxyl groups is 1. The summed E-state index contributed by atoms with van der Waals surface area (Å²) in [5.41, 5.74) is -1.20. The molecule has 0 unspecified atom stereocenters. The predicted molar refractivity (Wildman–Crippen MR) is 84.5 cm³/mol. The van der Waals surface area contributed by atoms with Crippen LogP contribution in [0.25, 0.3) is 6.08 Å².